The van der Waals surface area contributed by atoms with Gasteiger partial charge in [-0.3, -0.25) is 4.79 Å². The molecule has 0 unspecified atom stereocenters. The smallest absolute Gasteiger partial charge is 0.395 e. The molecule has 0 aliphatic carbocycles. The van der Waals surface area contributed by atoms with Crippen molar-refractivity contribution < 1.29 is 22.5 Å². The summed E-state index contributed by atoms with van der Waals surface area (Å²) in [7, 11) is -4.44. The lowest BCUT2D eigenvalue weighted by Gasteiger charge is -2.23. The number of amides is 1. The van der Waals surface area contributed by atoms with Crippen molar-refractivity contribution in [3.63, 3.8) is 0 Å². The largest absolute Gasteiger partial charge is 0.409 e. The molecule has 0 radical (unpaired) electrons. The van der Waals surface area contributed by atoms with Crippen LogP contribution >= 0.6 is 0 Å². The van der Waals surface area contributed by atoms with Crippen LogP contribution in [0, 0.1) is 0 Å². The quantitative estimate of drug-likeness (QED) is 0.252. The number of carbonyl (C=O) groups excluding carboxylic acids is 1. The van der Waals surface area contributed by atoms with Crippen molar-refractivity contribution in [2.75, 3.05) is 18.5 Å². The maximum absolute atomic E-state index is 13.2. The van der Waals surface area contributed by atoms with Gasteiger partial charge in [-0.2, -0.15) is 8.42 Å². The number of hydrogen-bond donors (Lipinski definition) is 3. The average molecular weight is 561 g/mol. The summed E-state index contributed by atoms with van der Waals surface area (Å²) in [4.78, 5) is 13.2. The van der Waals surface area contributed by atoms with Gasteiger partial charge in [0.15, 0.2) is 5.75 Å². The Labute approximate surface area is 236 Å². The summed E-state index contributed by atoms with van der Waals surface area (Å²) in [6.45, 7) is 20.8. The van der Waals surface area contributed by atoms with Crippen LogP contribution in [0.5, 0.6) is 5.75 Å². The van der Waals surface area contributed by atoms with E-state index in [-0.39, 0.29) is 42.4 Å². The first-order valence-electron chi connectivity index (χ1n) is 14.0. The molecule has 0 saturated heterocycles. The van der Waals surface area contributed by atoms with E-state index in [1.165, 1.54) is 5.56 Å². The first-order valence-corrected chi connectivity index (χ1v) is 15.4. The predicted molar refractivity (Wildman–Crippen MR) is 160 cm³/mol. The Morgan fingerprint density at radius 3 is 1.62 bits per heavy atom. The van der Waals surface area contributed by atoms with Crippen molar-refractivity contribution >= 4 is 21.9 Å². The van der Waals surface area contributed by atoms with Gasteiger partial charge in [0, 0.05) is 23.4 Å². The van der Waals surface area contributed by atoms with Gasteiger partial charge in [0.05, 0.1) is 13.0 Å². The number of benzene rings is 2. The molecule has 2 aromatic rings. The van der Waals surface area contributed by atoms with Crippen molar-refractivity contribution in [3.8, 4) is 5.75 Å². The van der Waals surface area contributed by atoms with Crippen molar-refractivity contribution in [1.29, 1.82) is 0 Å². The van der Waals surface area contributed by atoms with E-state index in [9.17, 15) is 18.3 Å². The van der Waals surface area contributed by atoms with E-state index >= 15 is 0 Å². The van der Waals surface area contributed by atoms with Crippen LogP contribution in [0.4, 0.5) is 5.69 Å². The normalized spacial score (nSPS) is 12.2. The minimum Gasteiger partial charge on any atom is -0.395 e. The summed E-state index contributed by atoms with van der Waals surface area (Å²) in [5, 5.41) is 12.4. The molecule has 0 heterocycles. The highest BCUT2D eigenvalue weighted by Crippen LogP contribution is 2.38. The highest BCUT2D eigenvalue weighted by atomic mass is 32.2. The molecular formula is C31H48N2O5S. The predicted octanol–water partition coefficient (Wildman–Crippen LogP) is 6.69. The summed E-state index contributed by atoms with van der Waals surface area (Å²) in [6.07, 6.45) is -0.0555. The second-order valence-electron chi connectivity index (χ2n) is 11.8. The van der Waals surface area contributed by atoms with E-state index < -0.39 is 16.2 Å². The molecule has 0 aromatic heterocycles. The Morgan fingerprint density at radius 1 is 0.769 bits per heavy atom. The summed E-state index contributed by atoms with van der Waals surface area (Å²) in [5.41, 5.74) is 6.39. The highest BCUT2D eigenvalue weighted by Gasteiger charge is 2.26. The molecule has 1 amide bonds. The number of rotatable bonds is 13. The maximum atomic E-state index is 13.2. The number of aliphatic hydroxyl groups excluding tert-OH is 1. The van der Waals surface area contributed by atoms with Gasteiger partial charge in [0.2, 0.25) is 5.91 Å². The molecule has 218 valence electrons. The summed E-state index contributed by atoms with van der Waals surface area (Å²) >= 11 is 0. The fourth-order valence-corrected chi connectivity index (χ4v) is 5.51. The minimum atomic E-state index is -4.44. The van der Waals surface area contributed by atoms with Crippen molar-refractivity contribution in [2.24, 2.45) is 0 Å². The Hall–Kier alpha value is -2.58. The van der Waals surface area contributed by atoms with Crippen LogP contribution in [-0.4, -0.2) is 32.6 Å². The van der Waals surface area contributed by atoms with E-state index in [1.807, 2.05) is 39.8 Å². The van der Waals surface area contributed by atoms with Gasteiger partial charge in [-0.05, 0) is 64.0 Å². The van der Waals surface area contributed by atoms with Crippen molar-refractivity contribution in [1.82, 2.24) is 4.72 Å². The molecule has 0 aliphatic heterocycles. The van der Waals surface area contributed by atoms with Crippen LogP contribution in [0.25, 0.3) is 0 Å². The van der Waals surface area contributed by atoms with Crippen LogP contribution < -0.4 is 14.2 Å². The zero-order valence-corrected chi connectivity index (χ0v) is 26.1. The van der Waals surface area contributed by atoms with Gasteiger partial charge in [-0.25, -0.2) is 4.72 Å². The maximum Gasteiger partial charge on any atom is 0.409 e. The number of anilines is 1. The number of hydrogen-bond acceptors (Lipinski definition) is 6. The number of nitrogens with one attached hydrogen (secondary N) is 2. The molecule has 3 N–H and O–H groups in total. The second kappa shape index (κ2) is 13.7. The lowest BCUT2D eigenvalue weighted by atomic mass is 9.83. The highest BCUT2D eigenvalue weighted by molar-refractivity contribution is 7.85. The van der Waals surface area contributed by atoms with E-state index in [0.717, 1.165) is 22.4 Å². The van der Waals surface area contributed by atoms with Gasteiger partial charge >= 0.3 is 10.3 Å². The summed E-state index contributed by atoms with van der Waals surface area (Å²) in [6, 6.07) is 7.95. The first-order chi connectivity index (χ1) is 18.1. The molecule has 39 heavy (non-hydrogen) atoms. The van der Waals surface area contributed by atoms with Gasteiger partial charge in [0.1, 0.15) is 0 Å². The molecule has 2 aromatic carbocycles. The van der Waals surface area contributed by atoms with Crippen LogP contribution in [-0.2, 0) is 21.5 Å². The zero-order chi connectivity index (χ0) is 29.7. The second-order valence-corrected chi connectivity index (χ2v) is 13.1. The molecule has 7 nitrogen and oxygen atoms in total. The molecule has 2 rings (SSSR count). The van der Waals surface area contributed by atoms with Crippen LogP contribution in [0.3, 0.4) is 0 Å². The topological polar surface area (TPSA) is 105 Å². The number of aliphatic hydroxyl groups is 1. The Kier molecular flexibility index (Phi) is 11.4. The lowest BCUT2D eigenvalue weighted by molar-refractivity contribution is -0.118. The molecule has 0 atom stereocenters. The van der Waals surface area contributed by atoms with Gasteiger partial charge in [-0.15, -0.1) is 0 Å². The van der Waals surface area contributed by atoms with Gasteiger partial charge in [-0.1, -0.05) is 81.4 Å². The Morgan fingerprint density at radius 2 is 1.23 bits per heavy atom. The molecule has 0 spiro atoms. The third-order valence-electron chi connectivity index (χ3n) is 6.85. The monoisotopic (exact) mass is 560 g/mol. The Bertz CT molecular complexity index is 1190. The van der Waals surface area contributed by atoms with Crippen LogP contribution in [0.2, 0.25) is 0 Å². The van der Waals surface area contributed by atoms with Gasteiger partial charge < -0.3 is 14.6 Å². The SMILES string of the molecule is CC(C)c1cc(C(C)C)c(CC(=O)NS(=O)(=O)Oc2c(C(C)C)cc(NCCO)cc2C(C)C)c(C(C)C)c1. The third kappa shape index (κ3) is 8.70. The fraction of sp³-hybridized carbons (Fsp3) is 0.581. The standard InChI is InChI=1S/C31H48N2O5S/c1-18(2)23-13-25(19(3)4)29(26(14-23)20(5)6)17-30(35)33-39(36,37)38-31-27(21(7)8)15-24(32-11-12-34)16-28(31)22(9)10/h13-16,18-22,32,34H,11-12,17H2,1-10H3,(H,33,35). The average Bonchev–Trinajstić information content (AvgIpc) is 2.81. The fourth-order valence-electron chi connectivity index (χ4n) is 4.71. The first kappa shape index (κ1) is 32.6. The van der Waals surface area contributed by atoms with Crippen LogP contribution in [0.1, 0.15) is 132 Å². The Balaban J connectivity index is 2.44. The van der Waals surface area contributed by atoms with E-state index in [4.69, 9.17) is 4.18 Å². The van der Waals surface area contributed by atoms with Gasteiger partial charge in [0.25, 0.3) is 0 Å². The molecule has 0 fully saturated rings. The number of carbonyl (C=O) groups is 1. The van der Waals surface area contributed by atoms with Crippen molar-refractivity contribution in [3.05, 3.63) is 57.6 Å². The summed E-state index contributed by atoms with van der Waals surface area (Å²) in [5.74, 6) is 0.222. The summed E-state index contributed by atoms with van der Waals surface area (Å²) < 4.78 is 34.2. The van der Waals surface area contributed by atoms with E-state index in [0.29, 0.717) is 23.6 Å². The zero-order valence-electron chi connectivity index (χ0n) is 25.3. The molecule has 0 saturated carbocycles. The van der Waals surface area contributed by atoms with E-state index in [1.54, 1.807) is 0 Å². The molecule has 0 bridgehead atoms. The molecule has 8 heteroatoms. The minimum absolute atomic E-state index is 0.0239. The molecule has 0 aliphatic rings. The van der Waals surface area contributed by atoms with Crippen LogP contribution in [0.15, 0.2) is 24.3 Å². The lowest BCUT2D eigenvalue weighted by Crippen LogP contribution is -2.36. The molecular weight excluding hydrogens is 512 g/mol. The van der Waals surface area contributed by atoms with Crippen molar-refractivity contribution in [2.45, 2.75) is 105 Å². The third-order valence-corrected chi connectivity index (χ3v) is 7.72. The van der Waals surface area contributed by atoms with E-state index in [2.05, 4.69) is 63.7 Å².